The molecule has 168 valence electrons. The molecule has 32 heavy (non-hydrogen) atoms. The topological polar surface area (TPSA) is 150 Å². The molecule has 2 aliphatic rings. The largest absolute Gasteiger partial charge is 0.337 e. The highest BCUT2D eigenvalue weighted by molar-refractivity contribution is 6.04. The number of amides is 2. The zero-order chi connectivity index (χ0) is 23.0. The number of aromatic nitrogens is 2. The molecule has 0 saturated carbocycles. The van der Waals surface area contributed by atoms with Crippen LogP contribution in [0.1, 0.15) is 51.0 Å². The molecule has 4 rings (SSSR count). The highest BCUT2D eigenvalue weighted by Gasteiger charge is 2.36. The fourth-order valence-corrected chi connectivity index (χ4v) is 4.44. The summed E-state index contributed by atoms with van der Waals surface area (Å²) in [6.45, 7) is 4.13. The Bertz CT molecular complexity index is 1120. The first-order valence-electron chi connectivity index (χ1n) is 10.5. The fraction of sp³-hybridized carbons (Fsp3) is 0.429. The van der Waals surface area contributed by atoms with Crippen molar-refractivity contribution >= 4 is 35.0 Å². The SMILES string of the molecule is C[C@H]1CCC[C@H](C)N1c1nc2c(c(=O)[nH]1)[C@@H](C(=O)Nc1ccc([N+](=O)[O-])cc1)CC(=O)N2. The molecule has 3 N–H and O–H groups in total. The Balaban J connectivity index is 1.64. The number of benzene rings is 1. The number of nitrogens with zero attached hydrogens (tertiary/aromatic N) is 3. The van der Waals surface area contributed by atoms with Crippen molar-refractivity contribution < 1.29 is 14.5 Å². The number of rotatable bonds is 4. The molecular weight excluding hydrogens is 416 g/mol. The number of nitro groups is 1. The van der Waals surface area contributed by atoms with Gasteiger partial charge in [0.05, 0.1) is 16.4 Å². The summed E-state index contributed by atoms with van der Waals surface area (Å²) in [5.74, 6) is -1.53. The standard InChI is InChI=1S/C21H24N6O5/c1-11-4-3-5-12(2)26(11)21-24-18-17(20(30)25-21)15(10-16(28)23-18)19(29)22-13-6-8-14(9-7-13)27(31)32/h6-9,11-12,15H,3-5,10H2,1-2H3,(H,22,29)(H2,23,24,25,28,30)/t11-,12-,15-/m0/s1. The highest BCUT2D eigenvalue weighted by Crippen LogP contribution is 2.32. The summed E-state index contributed by atoms with van der Waals surface area (Å²) in [5.41, 5.74) is -0.159. The number of H-pyrrole nitrogens is 1. The molecule has 2 aromatic rings. The number of fused-ring (bicyclic) bond motifs is 1. The predicted octanol–water partition coefficient (Wildman–Crippen LogP) is 2.51. The normalized spacial score (nSPS) is 22.6. The molecule has 0 bridgehead atoms. The van der Waals surface area contributed by atoms with Crippen LogP contribution in [-0.4, -0.2) is 38.8 Å². The van der Waals surface area contributed by atoms with Gasteiger partial charge in [0.15, 0.2) is 0 Å². The van der Waals surface area contributed by atoms with Crippen molar-refractivity contribution in [1.82, 2.24) is 9.97 Å². The van der Waals surface area contributed by atoms with E-state index in [1.807, 2.05) is 4.90 Å². The predicted molar refractivity (Wildman–Crippen MR) is 118 cm³/mol. The molecule has 0 aliphatic carbocycles. The monoisotopic (exact) mass is 440 g/mol. The van der Waals surface area contributed by atoms with Crippen LogP contribution in [0.3, 0.4) is 0 Å². The number of nitro benzene ring substituents is 1. The van der Waals surface area contributed by atoms with E-state index in [0.717, 1.165) is 19.3 Å². The van der Waals surface area contributed by atoms with Crippen LogP contribution in [-0.2, 0) is 9.59 Å². The van der Waals surface area contributed by atoms with Crippen LogP contribution in [0.5, 0.6) is 0 Å². The maximum Gasteiger partial charge on any atom is 0.269 e. The lowest BCUT2D eigenvalue weighted by Gasteiger charge is -2.39. The first-order valence-corrected chi connectivity index (χ1v) is 10.5. The minimum absolute atomic E-state index is 0.0915. The molecule has 1 aromatic heterocycles. The van der Waals surface area contributed by atoms with Gasteiger partial charge >= 0.3 is 0 Å². The van der Waals surface area contributed by atoms with Crippen molar-refractivity contribution in [2.24, 2.45) is 0 Å². The van der Waals surface area contributed by atoms with Gasteiger partial charge in [-0.25, -0.2) is 0 Å². The second-order valence-electron chi connectivity index (χ2n) is 8.29. The van der Waals surface area contributed by atoms with Gasteiger partial charge in [-0.05, 0) is 45.2 Å². The van der Waals surface area contributed by atoms with E-state index in [1.54, 1.807) is 0 Å². The number of carbonyl (C=O) groups is 2. The van der Waals surface area contributed by atoms with E-state index in [-0.39, 0.29) is 35.6 Å². The Morgan fingerprint density at radius 2 is 1.84 bits per heavy atom. The Hall–Kier alpha value is -3.76. The minimum atomic E-state index is -1.03. The number of nitrogens with one attached hydrogen (secondary N) is 3. The van der Waals surface area contributed by atoms with Crippen LogP contribution in [0, 0.1) is 10.1 Å². The summed E-state index contributed by atoms with van der Waals surface area (Å²) >= 11 is 0. The van der Waals surface area contributed by atoms with Gasteiger partial charge < -0.3 is 15.5 Å². The van der Waals surface area contributed by atoms with Gasteiger partial charge in [0.2, 0.25) is 17.8 Å². The van der Waals surface area contributed by atoms with E-state index in [1.165, 1.54) is 24.3 Å². The van der Waals surface area contributed by atoms with E-state index in [4.69, 9.17) is 0 Å². The number of piperidine rings is 1. The average molecular weight is 440 g/mol. The summed E-state index contributed by atoms with van der Waals surface area (Å²) < 4.78 is 0. The molecule has 2 amide bonds. The van der Waals surface area contributed by atoms with Gasteiger partial charge in [-0.2, -0.15) is 4.98 Å². The third-order valence-electron chi connectivity index (χ3n) is 6.04. The average Bonchev–Trinajstić information content (AvgIpc) is 2.73. The third kappa shape index (κ3) is 4.05. The Morgan fingerprint density at radius 3 is 2.47 bits per heavy atom. The fourth-order valence-electron chi connectivity index (χ4n) is 4.44. The molecule has 0 radical (unpaired) electrons. The number of aromatic amines is 1. The summed E-state index contributed by atoms with van der Waals surface area (Å²) in [4.78, 5) is 57.8. The second kappa shape index (κ2) is 8.40. The molecule has 2 aliphatic heterocycles. The lowest BCUT2D eigenvalue weighted by Crippen LogP contribution is -2.46. The molecule has 1 aromatic carbocycles. The molecule has 11 nitrogen and oxygen atoms in total. The van der Waals surface area contributed by atoms with Crippen LogP contribution >= 0.6 is 0 Å². The molecule has 3 heterocycles. The zero-order valence-electron chi connectivity index (χ0n) is 17.8. The number of anilines is 3. The molecule has 1 saturated heterocycles. The maximum atomic E-state index is 13.0. The van der Waals surface area contributed by atoms with Crippen molar-refractivity contribution in [3.63, 3.8) is 0 Å². The van der Waals surface area contributed by atoms with E-state index >= 15 is 0 Å². The number of hydrogen-bond acceptors (Lipinski definition) is 7. The van der Waals surface area contributed by atoms with Crippen LogP contribution in [0.15, 0.2) is 29.1 Å². The lowest BCUT2D eigenvalue weighted by atomic mass is 9.92. The van der Waals surface area contributed by atoms with Crippen molar-refractivity contribution in [1.29, 1.82) is 0 Å². The van der Waals surface area contributed by atoms with E-state index in [9.17, 15) is 24.5 Å². The quantitative estimate of drug-likeness (QED) is 0.488. The van der Waals surface area contributed by atoms with Crippen LogP contribution in [0.4, 0.5) is 23.1 Å². The molecule has 1 fully saturated rings. The smallest absolute Gasteiger partial charge is 0.269 e. The summed E-state index contributed by atoms with van der Waals surface area (Å²) in [7, 11) is 0. The number of non-ortho nitro benzene ring substituents is 1. The molecule has 3 atom stereocenters. The molecule has 0 spiro atoms. The van der Waals surface area contributed by atoms with Crippen LogP contribution < -0.4 is 21.1 Å². The Kier molecular flexibility index (Phi) is 5.64. The van der Waals surface area contributed by atoms with Crippen LogP contribution in [0.2, 0.25) is 0 Å². The van der Waals surface area contributed by atoms with Crippen molar-refractivity contribution in [3.8, 4) is 0 Å². The van der Waals surface area contributed by atoms with E-state index < -0.39 is 28.2 Å². The van der Waals surface area contributed by atoms with Gasteiger partial charge in [0.25, 0.3) is 11.2 Å². The summed E-state index contributed by atoms with van der Waals surface area (Å²) in [5, 5.41) is 16.1. The minimum Gasteiger partial charge on any atom is -0.337 e. The van der Waals surface area contributed by atoms with Crippen molar-refractivity contribution in [2.75, 3.05) is 15.5 Å². The van der Waals surface area contributed by atoms with Gasteiger partial charge in [-0.1, -0.05) is 0 Å². The van der Waals surface area contributed by atoms with Gasteiger partial charge in [-0.3, -0.25) is 29.5 Å². The summed E-state index contributed by atoms with van der Waals surface area (Å²) in [6, 6.07) is 5.67. The molecule has 0 unspecified atom stereocenters. The van der Waals surface area contributed by atoms with Gasteiger partial charge in [-0.15, -0.1) is 0 Å². The van der Waals surface area contributed by atoms with Gasteiger partial charge in [0.1, 0.15) is 5.82 Å². The zero-order valence-corrected chi connectivity index (χ0v) is 17.8. The summed E-state index contributed by atoms with van der Waals surface area (Å²) in [6.07, 6.45) is 2.83. The Morgan fingerprint density at radius 1 is 1.19 bits per heavy atom. The number of hydrogen-bond donors (Lipinski definition) is 3. The van der Waals surface area contributed by atoms with Crippen molar-refractivity contribution in [3.05, 3.63) is 50.3 Å². The van der Waals surface area contributed by atoms with Crippen LogP contribution in [0.25, 0.3) is 0 Å². The number of carbonyl (C=O) groups excluding carboxylic acids is 2. The third-order valence-corrected chi connectivity index (χ3v) is 6.04. The maximum absolute atomic E-state index is 13.0. The lowest BCUT2D eigenvalue weighted by molar-refractivity contribution is -0.384. The van der Waals surface area contributed by atoms with E-state index in [0.29, 0.717) is 11.6 Å². The van der Waals surface area contributed by atoms with Gasteiger partial charge in [0, 0.05) is 36.3 Å². The first kappa shape index (κ1) is 21.5. The Labute approximate surface area is 183 Å². The van der Waals surface area contributed by atoms with E-state index in [2.05, 4.69) is 34.4 Å². The molecular formula is C21H24N6O5. The highest BCUT2D eigenvalue weighted by atomic mass is 16.6. The molecule has 11 heteroatoms. The van der Waals surface area contributed by atoms with Crippen molar-refractivity contribution in [2.45, 2.75) is 57.5 Å². The first-order chi connectivity index (χ1) is 15.2. The second-order valence-corrected chi connectivity index (χ2v) is 8.29.